The first kappa shape index (κ1) is 9.39. The van der Waals surface area contributed by atoms with Gasteiger partial charge in [-0.05, 0) is 0 Å². The molecule has 2 rings (SSSR count). The normalized spacial score (nSPS) is 19.9. The molecule has 0 aromatic rings. The third-order valence-electron chi connectivity index (χ3n) is 2.49. The minimum atomic E-state index is -0.589. The zero-order valence-corrected chi connectivity index (χ0v) is 11.6. The van der Waals surface area contributed by atoms with Crippen molar-refractivity contribution < 1.29 is 25.8 Å². The molecule has 1 heteroatoms. The Hall–Kier alpha value is -0.170. The van der Waals surface area contributed by atoms with Gasteiger partial charge in [-0.3, -0.25) is 0 Å². The Bertz CT molecular complexity index is 325. The molecule has 0 aromatic heterocycles. The molecule has 0 spiro atoms. The quantitative estimate of drug-likeness (QED) is 0.687. The van der Waals surface area contributed by atoms with Crippen molar-refractivity contribution in [3.05, 3.63) is 42.6 Å². The van der Waals surface area contributed by atoms with Crippen molar-refractivity contribution in [2.24, 2.45) is 0 Å². The average molecular weight is 339 g/mol. The van der Waals surface area contributed by atoms with Crippen LogP contribution in [0.2, 0.25) is 0 Å². The molecule has 0 unspecified atom stereocenters. The third-order valence-corrected chi connectivity index (χ3v) is 7.95. The Balaban J connectivity index is 0.000000980. The maximum atomic E-state index is 2.35. The van der Waals surface area contributed by atoms with E-state index in [4.69, 9.17) is 0 Å². The van der Waals surface area contributed by atoms with Crippen LogP contribution in [-0.2, 0) is 22.9 Å². The number of allylic oxidation sites excluding steroid dienone is 8. The van der Waals surface area contributed by atoms with Crippen molar-refractivity contribution in [2.75, 3.05) is 0 Å². The standard InChI is InChI=1S/C7H9.C5H5.Hf.2H/c1-2-7-5-3-4-6-7;1-2-4-5-3-1;;;/h3,5H,2,4H2,1H3;1-3H,4H2;;;/q;;;2*-1. The molecule has 0 saturated heterocycles. The van der Waals surface area contributed by atoms with E-state index in [0.717, 1.165) is 0 Å². The van der Waals surface area contributed by atoms with Crippen molar-refractivity contribution in [2.45, 2.75) is 26.2 Å². The molecule has 0 bridgehead atoms. The van der Waals surface area contributed by atoms with Crippen molar-refractivity contribution in [1.29, 1.82) is 0 Å². The molecule has 0 saturated carbocycles. The van der Waals surface area contributed by atoms with Crippen LogP contribution in [0, 0.1) is 0 Å². The molecule has 0 N–H and O–H groups in total. The fourth-order valence-corrected chi connectivity index (χ4v) is 6.88. The van der Waals surface area contributed by atoms with Gasteiger partial charge in [-0.1, -0.05) is 0 Å². The van der Waals surface area contributed by atoms with Crippen molar-refractivity contribution in [3.63, 3.8) is 0 Å². The second-order valence-corrected chi connectivity index (χ2v) is 8.79. The third kappa shape index (κ3) is 2.19. The predicted molar refractivity (Wildman–Crippen MR) is 55.1 cm³/mol. The summed E-state index contributed by atoms with van der Waals surface area (Å²) in [5.41, 5.74) is 1.65. The van der Waals surface area contributed by atoms with Gasteiger partial charge in [0.25, 0.3) is 0 Å². The van der Waals surface area contributed by atoms with Crippen molar-refractivity contribution >= 4 is 0 Å². The Morgan fingerprint density at radius 1 is 1.38 bits per heavy atom. The molecular formula is C12H16Hf-2. The van der Waals surface area contributed by atoms with Crippen LogP contribution in [0.3, 0.4) is 0 Å². The van der Waals surface area contributed by atoms with Crippen LogP contribution < -0.4 is 0 Å². The summed E-state index contributed by atoms with van der Waals surface area (Å²) in [6, 6.07) is 0. The summed E-state index contributed by atoms with van der Waals surface area (Å²) in [7, 11) is 0. The summed E-state index contributed by atoms with van der Waals surface area (Å²) in [5, 5.41) is 0. The van der Waals surface area contributed by atoms with Gasteiger partial charge in [0.1, 0.15) is 0 Å². The minimum Gasteiger partial charge on any atom is -1.00 e. The first-order valence-electron chi connectivity index (χ1n) is 4.91. The number of hydrogen-bond acceptors (Lipinski definition) is 0. The van der Waals surface area contributed by atoms with Crippen LogP contribution in [0.1, 0.15) is 29.0 Å². The van der Waals surface area contributed by atoms with Crippen LogP contribution in [0.4, 0.5) is 0 Å². The van der Waals surface area contributed by atoms with Gasteiger partial charge in [-0.2, -0.15) is 0 Å². The molecule has 70 valence electrons. The van der Waals surface area contributed by atoms with Gasteiger partial charge in [0.2, 0.25) is 0 Å². The monoisotopic (exact) mass is 340 g/mol. The molecular weight excluding hydrogens is 323 g/mol. The zero-order valence-electron chi connectivity index (χ0n) is 10.0. The first-order valence-corrected chi connectivity index (χ1v) is 8.50. The van der Waals surface area contributed by atoms with Gasteiger partial charge in [0.05, 0.1) is 0 Å². The summed E-state index contributed by atoms with van der Waals surface area (Å²) in [6.45, 7) is 2.27. The van der Waals surface area contributed by atoms with E-state index in [9.17, 15) is 0 Å². The molecule has 0 atom stereocenters. The number of hydrogen-bond donors (Lipinski definition) is 0. The van der Waals surface area contributed by atoms with Gasteiger partial charge in [-0.25, -0.2) is 0 Å². The van der Waals surface area contributed by atoms with Crippen molar-refractivity contribution in [1.82, 2.24) is 0 Å². The molecule has 0 heterocycles. The molecule has 0 aliphatic heterocycles. The van der Waals surface area contributed by atoms with E-state index in [1.54, 1.807) is 8.90 Å². The van der Waals surface area contributed by atoms with E-state index in [1.807, 2.05) is 3.33 Å². The van der Waals surface area contributed by atoms with Gasteiger partial charge in [0.15, 0.2) is 0 Å². The first-order chi connectivity index (χ1) is 6.40. The largest absolute Gasteiger partial charge is 1.00 e. The Morgan fingerprint density at radius 2 is 2.31 bits per heavy atom. The molecule has 0 nitrogen and oxygen atoms in total. The van der Waals surface area contributed by atoms with Gasteiger partial charge < -0.3 is 2.85 Å². The van der Waals surface area contributed by atoms with E-state index >= 15 is 0 Å². The van der Waals surface area contributed by atoms with E-state index in [1.165, 1.54) is 19.3 Å². The molecule has 13 heavy (non-hydrogen) atoms. The summed E-state index contributed by atoms with van der Waals surface area (Å²) in [4.78, 5) is 0. The fourth-order valence-electron chi connectivity index (χ4n) is 1.75. The fraction of sp³-hybridized carbons (Fsp3) is 0.333. The van der Waals surface area contributed by atoms with Crippen LogP contribution >= 0.6 is 0 Å². The van der Waals surface area contributed by atoms with Gasteiger partial charge >= 0.3 is 91.7 Å². The van der Waals surface area contributed by atoms with E-state index in [2.05, 4.69) is 37.3 Å². The van der Waals surface area contributed by atoms with Crippen LogP contribution in [-0.4, -0.2) is 0 Å². The van der Waals surface area contributed by atoms with Crippen LogP contribution in [0.25, 0.3) is 0 Å². The van der Waals surface area contributed by atoms with Crippen LogP contribution in [0.15, 0.2) is 42.6 Å². The SMILES string of the molecule is CCC1=[C]([Hf][C]2=CC=CC2)CC=C1.[H-].[H-]. The molecule has 2 aliphatic rings. The molecule has 0 amide bonds. The Labute approximate surface area is 94.4 Å². The molecule has 2 aliphatic carbocycles. The topological polar surface area (TPSA) is 0 Å². The summed E-state index contributed by atoms with van der Waals surface area (Å²) in [5.74, 6) is 0. The molecule has 0 fully saturated rings. The van der Waals surface area contributed by atoms with E-state index in [-0.39, 0.29) is 2.85 Å². The predicted octanol–water partition coefficient (Wildman–Crippen LogP) is 3.76. The Kier molecular flexibility index (Phi) is 3.15. The smallest absolute Gasteiger partial charge is 1.00 e. The molecule has 0 aromatic carbocycles. The van der Waals surface area contributed by atoms with E-state index < -0.39 is 22.9 Å². The number of rotatable bonds is 3. The second kappa shape index (κ2) is 4.36. The maximum absolute atomic E-state index is 2.35. The summed E-state index contributed by atoms with van der Waals surface area (Å²) < 4.78 is 3.60. The summed E-state index contributed by atoms with van der Waals surface area (Å²) in [6.07, 6.45) is 15.3. The second-order valence-electron chi connectivity index (χ2n) is 3.41. The van der Waals surface area contributed by atoms with Gasteiger partial charge in [0, 0.05) is 0 Å². The van der Waals surface area contributed by atoms with Crippen molar-refractivity contribution in [3.8, 4) is 0 Å². The average Bonchev–Trinajstić information content (AvgIpc) is 2.76. The van der Waals surface area contributed by atoms with Crippen LogP contribution in [0.5, 0.6) is 0 Å². The van der Waals surface area contributed by atoms with Gasteiger partial charge in [-0.15, -0.1) is 0 Å². The summed E-state index contributed by atoms with van der Waals surface area (Å²) >= 11 is -0.589. The minimum absolute atomic E-state index is 0. The zero-order chi connectivity index (χ0) is 9.10. The van der Waals surface area contributed by atoms with E-state index in [0.29, 0.717) is 0 Å². The molecule has 0 radical (unpaired) electrons. The maximum Gasteiger partial charge on any atom is -1.00 e. The Morgan fingerprint density at radius 3 is 3.00 bits per heavy atom.